The van der Waals surface area contributed by atoms with Crippen LogP contribution in [-0.2, 0) is 16.6 Å². The Bertz CT molecular complexity index is 628. The average Bonchev–Trinajstić information content (AvgIpc) is 3.29. The number of hydrogen-bond acceptors (Lipinski definition) is 2. The lowest BCUT2D eigenvalue weighted by molar-refractivity contribution is -0.122. The monoisotopic (exact) mass is 332 g/mol. The van der Waals surface area contributed by atoms with Crippen LogP contribution < -0.4 is 10.6 Å². The second-order valence-corrected chi connectivity index (χ2v) is 6.96. The van der Waals surface area contributed by atoms with E-state index in [0.29, 0.717) is 0 Å². The van der Waals surface area contributed by atoms with Crippen LogP contribution in [0, 0.1) is 5.92 Å². The second kappa shape index (κ2) is 6.66. The van der Waals surface area contributed by atoms with Gasteiger partial charge in [0.25, 0.3) is 0 Å². The van der Waals surface area contributed by atoms with Gasteiger partial charge in [0.1, 0.15) is 0 Å². The van der Waals surface area contributed by atoms with Crippen LogP contribution in [0.15, 0.2) is 35.9 Å². The number of rotatable bonds is 3. The molecular weight excluding hydrogens is 308 g/mol. The standard InChI is InChI=1S/C19H24N2O.ClH/c22-18(21-13-14-7-10-20-11-8-14)17-12-19(17)9-3-5-15-4-1-2-6-16(15)19;/h1-2,4,6-7,17,20H,3,5,8-13H2,(H,21,22);1H. The number of hydrogen-bond donors (Lipinski definition) is 2. The summed E-state index contributed by atoms with van der Waals surface area (Å²) in [5.74, 6) is 0.451. The third-order valence-electron chi connectivity index (χ3n) is 5.66. The molecule has 1 amide bonds. The highest BCUT2D eigenvalue weighted by molar-refractivity contribution is 5.85. The van der Waals surface area contributed by atoms with Crippen LogP contribution in [-0.4, -0.2) is 25.5 Å². The molecule has 0 bridgehead atoms. The maximum atomic E-state index is 12.6. The van der Waals surface area contributed by atoms with Crippen molar-refractivity contribution in [1.82, 2.24) is 10.6 Å². The van der Waals surface area contributed by atoms with Crippen molar-refractivity contribution in [3.05, 3.63) is 47.0 Å². The molecule has 1 aromatic carbocycles. The number of amides is 1. The summed E-state index contributed by atoms with van der Waals surface area (Å²) >= 11 is 0. The number of nitrogens with one attached hydrogen (secondary N) is 2. The lowest BCUT2D eigenvalue weighted by atomic mass is 9.78. The first kappa shape index (κ1) is 16.5. The zero-order chi connectivity index (χ0) is 15.0. The zero-order valence-electron chi connectivity index (χ0n) is 13.4. The fourth-order valence-corrected chi connectivity index (χ4v) is 4.33. The fourth-order valence-electron chi connectivity index (χ4n) is 4.33. The lowest BCUT2D eigenvalue weighted by Gasteiger charge is -2.26. The summed E-state index contributed by atoms with van der Waals surface area (Å²) in [6, 6.07) is 8.73. The molecule has 23 heavy (non-hydrogen) atoms. The van der Waals surface area contributed by atoms with Crippen molar-refractivity contribution in [1.29, 1.82) is 0 Å². The normalized spacial score (nSPS) is 28.3. The van der Waals surface area contributed by atoms with Crippen molar-refractivity contribution in [2.24, 2.45) is 5.92 Å². The number of aryl methyl sites for hydroxylation is 1. The predicted molar refractivity (Wildman–Crippen MR) is 95.0 cm³/mol. The highest BCUT2D eigenvalue weighted by atomic mass is 35.5. The molecule has 0 aromatic heterocycles. The molecule has 1 spiro atoms. The number of halogens is 1. The summed E-state index contributed by atoms with van der Waals surface area (Å²) < 4.78 is 0. The Morgan fingerprint density at radius 3 is 3.00 bits per heavy atom. The van der Waals surface area contributed by atoms with E-state index in [1.165, 1.54) is 36.0 Å². The third kappa shape index (κ3) is 3.05. The molecule has 1 heterocycles. The molecule has 124 valence electrons. The summed E-state index contributed by atoms with van der Waals surface area (Å²) in [4.78, 5) is 12.6. The Morgan fingerprint density at radius 2 is 2.17 bits per heavy atom. The van der Waals surface area contributed by atoms with Gasteiger partial charge in [0.05, 0.1) is 0 Å². The fraction of sp³-hybridized carbons (Fsp3) is 0.526. The van der Waals surface area contributed by atoms with Crippen LogP contribution >= 0.6 is 12.4 Å². The van der Waals surface area contributed by atoms with Gasteiger partial charge in [-0.1, -0.05) is 35.9 Å². The molecular formula is C19H25ClN2O. The first-order valence-electron chi connectivity index (χ1n) is 8.54. The van der Waals surface area contributed by atoms with E-state index in [2.05, 4.69) is 41.0 Å². The molecule has 2 atom stereocenters. The quantitative estimate of drug-likeness (QED) is 0.836. The summed E-state index contributed by atoms with van der Waals surface area (Å²) in [7, 11) is 0. The first-order valence-corrected chi connectivity index (χ1v) is 8.54. The Labute approximate surface area is 144 Å². The summed E-state index contributed by atoms with van der Waals surface area (Å²) in [5, 5.41) is 6.49. The minimum atomic E-state index is 0. The van der Waals surface area contributed by atoms with Gasteiger partial charge in [-0.15, -0.1) is 12.4 Å². The molecule has 1 aliphatic heterocycles. The number of fused-ring (bicyclic) bond motifs is 2. The van der Waals surface area contributed by atoms with Crippen molar-refractivity contribution >= 4 is 18.3 Å². The van der Waals surface area contributed by atoms with Gasteiger partial charge in [-0.2, -0.15) is 0 Å². The van der Waals surface area contributed by atoms with Gasteiger partial charge < -0.3 is 10.6 Å². The van der Waals surface area contributed by atoms with Crippen LogP contribution in [0.3, 0.4) is 0 Å². The second-order valence-electron chi connectivity index (χ2n) is 6.96. The van der Waals surface area contributed by atoms with Gasteiger partial charge >= 0.3 is 0 Å². The summed E-state index contributed by atoms with van der Waals surface area (Å²) in [6.45, 7) is 2.70. The van der Waals surface area contributed by atoms with E-state index >= 15 is 0 Å². The van der Waals surface area contributed by atoms with Crippen molar-refractivity contribution in [2.75, 3.05) is 19.6 Å². The lowest BCUT2D eigenvalue weighted by Crippen LogP contribution is -2.33. The minimum Gasteiger partial charge on any atom is -0.352 e. The van der Waals surface area contributed by atoms with Crippen LogP contribution in [0.25, 0.3) is 0 Å². The molecule has 2 unspecified atom stereocenters. The van der Waals surface area contributed by atoms with Crippen molar-refractivity contribution < 1.29 is 4.79 Å². The molecule has 4 rings (SSSR count). The van der Waals surface area contributed by atoms with Crippen LogP contribution in [0.1, 0.15) is 36.8 Å². The summed E-state index contributed by atoms with van der Waals surface area (Å²) in [6.07, 6.45) is 7.87. The van der Waals surface area contributed by atoms with E-state index in [0.717, 1.165) is 32.5 Å². The molecule has 0 saturated heterocycles. The largest absolute Gasteiger partial charge is 0.352 e. The zero-order valence-corrected chi connectivity index (χ0v) is 14.3. The topological polar surface area (TPSA) is 41.1 Å². The highest BCUT2D eigenvalue weighted by Gasteiger charge is 2.59. The van der Waals surface area contributed by atoms with Crippen LogP contribution in [0.5, 0.6) is 0 Å². The van der Waals surface area contributed by atoms with E-state index in [1.54, 1.807) is 0 Å². The van der Waals surface area contributed by atoms with E-state index < -0.39 is 0 Å². The average molecular weight is 333 g/mol. The van der Waals surface area contributed by atoms with Crippen molar-refractivity contribution in [3.8, 4) is 0 Å². The summed E-state index contributed by atoms with van der Waals surface area (Å²) in [5.41, 5.74) is 4.43. The number of carbonyl (C=O) groups is 1. The van der Waals surface area contributed by atoms with Gasteiger partial charge in [0, 0.05) is 24.4 Å². The SMILES string of the molecule is Cl.O=C(NCC1=CCNCC1)C1CC12CCCc1ccccc12. The molecule has 1 aromatic rings. The minimum absolute atomic E-state index is 0. The van der Waals surface area contributed by atoms with E-state index in [9.17, 15) is 4.79 Å². The molecule has 0 radical (unpaired) electrons. The maximum Gasteiger partial charge on any atom is 0.224 e. The Hall–Kier alpha value is -1.32. The van der Waals surface area contributed by atoms with Crippen LogP contribution in [0.2, 0.25) is 0 Å². The van der Waals surface area contributed by atoms with E-state index in [-0.39, 0.29) is 29.6 Å². The molecule has 3 nitrogen and oxygen atoms in total. The maximum absolute atomic E-state index is 12.6. The molecule has 3 aliphatic rings. The number of carbonyl (C=O) groups excluding carboxylic acids is 1. The Morgan fingerprint density at radius 1 is 1.30 bits per heavy atom. The number of benzene rings is 1. The van der Waals surface area contributed by atoms with Crippen LogP contribution in [0.4, 0.5) is 0 Å². The van der Waals surface area contributed by atoms with E-state index in [4.69, 9.17) is 0 Å². The first-order chi connectivity index (χ1) is 10.8. The van der Waals surface area contributed by atoms with E-state index in [1.807, 2.05) is 0 Å². The predicted octanol–water partition coefficient (Wildman–Crippen LogP) is 2.74. The van der Waals surface area contributed by atoms with Crippen molar-refractivity contribution in [2.45, 2.75) is 37.5 Å². The van der Waals surface area contributed by atoms with Gasteiger partial charge in [0.2, 0.25) is 5.91 Å². The molecule has 2 aliphatic carbocycles. The smallest absolute Gasteiger partial charge is 0.224 e. The van der Waals surface area contributed by atoms with Gasteiger partial charge in [-0.3, -0.25) is 4.79 Å². The highest BCUT2D eigenvalue weighted by Crippen LogP contribution is 2.60. The Kier molecular flexibility index (Phi) is 4.79. The Balaban J connectivity index is 0.00000156. The van der Waals surface area contributed by atoms with Gasteiger partial charge in [-0.05, 0) is 49.8 Å². The van der Waals surface area contributed by atoms with Gasteiger partial charge in [0.15, 0.2) is 0 Å². The van der Waals surface area contributed by atoms with Gasteiger partial charge in [-0.25, -0.2) is 0 Å². The third-order valence-corrected chi connectivity index (χ3v) is 5.66. The molecule has 1 fully saturated rings. The molecule has 2 N–H and O–H groups in total. The van der Waals surface area contributed by atoms with Crippen molar-refractivity contribution in [3.63, 3.8) is 0 Å². The molecule has 1 saturated carbocycles. The molecule has 4 heteroatoms.